The van der Waals surface area contributed by atoms with Gasteiger partial charge in [-0.1, -0.05) is 11.6 Å². The number of hydrogen-bond acceptors (Lipinski definition) is 2. The van der Waals surface area contributed by atoms with Gasteiger partial charge in [0.15, 0.2) is 0 Å². The van der Waals surface area contributed by atoms with E-state index in [1.54, 1.807) is 0 Å². The molecule has 1 aromatic carbocycles. The highest BCUT2D eigenvalue weighted by Crippen LogP contribution is 2.23. The van der Waals surface area contributed by atoms with Crippen LogP contribution in [0.25, 0.3) is 0 Å². The van der Waals surface area contributed by atoms with Gasteiger partial charge in [-0.2, -0.15) is 0 Å². The molecule has 0 heterocycles. The molecule has 0 saturated carbocycles. The molecule has 0 aromatic heterocycles. The number of halogens is 2. The molecule has 86 valence electrons. The van der Waals surface area contributed by atoms with Crippen molar-refractivity contribution in [3.8, 4) is 0 Å². The van der Waals surface area contributed by atoms with Gasteiger partial charge in [-0.05, 0) is 12.1 Å². The van der Waals surface area contributed by atoms with Crippen LogP contribution in [0, 0.1) is 5.82 Å². The fraction of sp³-hybridized carbons (Fsp3) is 0.111. The van der Waals surface area contributed by atoms with Crippen molar-refractivity contribution < 1.29 is 14.0 Å². The van der Waals surface area contributed by atoms with Gasteiger partial charge in [0, 0.05) is 7.05 Å². The van der Waals surface area contributed by atoms with E-state index in [4.69, 9.17) is 17.3 Å². The van der Waals surface area contributed by atoms with Crippen molar-refractivity contribution in [2.45, 2.75) is 0 Å². The molecule has 0 spiro atoms. The molecule has 5 nitrogen and oxygen atoms in total. The van der Waals surface area contributed by atoms with Gasteiger partial charge in [0.2, 0.25) is 5.91 Å². The summed E-state index contributed by atoms with van der Waals surface area (Å²) in [6.45, 7) is 0. The number of rotatable bonds is 2. The van der Waals surface area contributed by atoms with Crippen LogP contribution in [0.3, 0.4) is 0 Å². The number of urea groups is 1. The van der Waals surface area contributed by atoms with Gasteiger partial charge in [0.05, 0.1) is 16.3 Å². The lowest BCUT2D eigenvalue weighted by Gasteiger charge is -2.08. The Morgan fingerprint density at radius 1 is 1.44 bits per heavy atom. The van der Waals surface area contributed by atoms with E-state index in [9.17, 15) is 14.0 Å². The molecule has 0 aliphatic carbocycles. The molecule has 1 aromatic rings. The number of nitrogens with two attached hydrogens (primary N) is 1. The number of benzene rings is 1. The normalized spacial score (nSPS) is 9.69. The third-order valence-electron chi connectivity index (χ3n) is 1.80. The van der Waals surface area contributed by atoms with E-state index in [1.165, 1.54) is 7.05 Å². The molecule has 0 atom stereocenters. The first-order chi connectivity index (χ1) is 7.45. The van der Waals surface area contributed by atoms with Crippen LogP contribution in [0.4, 0.5) is 14.9 Å². The van der Waals surface area contributed by atoms with Gasteiger partial charge in [-0.25, -0.2) is 9.18 Å². The molecule has 0 unspecified atom stereocenters. The smallest absolute Gasteiger partial charge is 0.319 e. The fourth-order valence-electron chi connectivity index (χ4n) is 1.02. The van der Waals surface area contributed by atoms with Gasteiger partial charge in [0.25, 0.3) is 0 Å². The zero-order valence-corrected chi connectivity index (χ0v) is 9.06. The summed E-state index contributed by atoms with van der Waals surface area (Å²) < 4.78 is 13.3. The predicted molar refractivity (Wildman–Crippen MR) is 58.0 cm³/mol. The molecule has 0 aliphatic rings. The lowest BCUT2D eigenvalue weighted by atomic mass is 10.2. The SMILES string of the molecule is CNC(=O)Nc1cc(C(N)=O)c(Cl)cc1F. The quantitative estimate of drug-likeness (QED) is 0.734. The van der Waals surface area contributed by atoms with Crippen LogP contribution < -0.4 is 16.4 Å². The Kier molecular flexibility index (Phi) is 3.68. The highest BCUT2D eigenvalue weighted by Gasteiger charge is 2.13. The molecule has 3 amide bonds. The third kappa shape index (κ3) is 2.60. The number of hydrogen-bond donors (Lipinski definition) is 3. The van der Waals surface area contributed by atoms with Gasteiger partial charge >= 0.3 is 6.03 Å². The molecule has 0 saturated heterocycles. The molecule has 7 heteroatoms. The second-order valence-electron chi connectivity index (χ2n) is 2.88. The van der Waals surface area contributed by atoms with Crippen LogP contribution in [-0.2, 0) is 0 Å². The maximum atomic E-state index is 13.3. The zero-order chi connectivity index (χ0) is 12.3. The zero-order valence-electron chi connectivity index (χ0n) is 8.30. The highest BCUT2D eigenvalue weighted by molar-refractivity contribution is 6.34. The van der Waals surface area contributed by atoms with E-state index in [0.717, 1.165) is 12.1 Å². The number of primary amides is 1. The summed E-state index contributed by atoms with van der Waals surface area (Å²) in [5.74, 6) is -1.55. The summed E-state index contributed by atoms with van der Waals surface area (Å²) in [6.07, 6.45) is 0. The van der Waals surface area contributed by atoms with Crippen LogP contribution in [0.15, 0.2) is 12.1 Å². The summed E-state index contributed by atoms with van der Waals surface area (Å²) >= 11 is 5.60. The molecule has 0 fully saturated rings. The topological polar surface area (TPSA) is 84.2 Å². The molecule has 0 aliphatic heterocycles. The lowest BCUT2D eigenvalue weighted by Crippen LogP contribution is -2.25. The lowest BCUT2D eigenvalue weighted by molar-refractivity contribution is 0.100. The van der Waals surface area contributed by atoms with Crippen molar-refractivity contribution in [1.82, 2.24) is 5.32 Å². The summed E-state index contributed by atoms with van der Waals surface area (Å²) in [4.78, 5) is 21.9. The fourth-order valence-corrected chi connectivity index (χ4v) is 1.26. The van der Waals surface area contributed by atoms with Gasteiger partial charge < -0.3 is 16.4 Å². The number of nitrogens with one attached hydrogen (secondary N) is 2. The minimum Gasteiger partial charge on any atom is -0.366 e. The summed E-state index contributed by atoms with van der Waals surface area (Å²) in [7, 11) is 1.37. The first-order valence-corrected chi connectivity index (χ1v) is 4.61. The van der Waals surface area contributed by atoms with Crippen molar-refractivity contribution in [2.75, 3.05) is 12.4 Å². The van der Waals surface area contributed by atoms with Gasteiger partial charge in [-0.3, -0.25) is 4.79 Å². The van der Waals surface area contributed by atoms with Crippen molar-refractivity contribution in [1.29, 1.82) is 0 Å². The second-order valence-corrected chi connectivity index (χ2v) is 3.29. The van der Waals surface area contributed by atoms with E-state index >= 15 is 0 Å². The maximum Gasteiger partial charge on any atom is 0.319 e. The Labute approximate surface area is 95.8 Å². The van der Waals surface area contributed by atoms with E-state index in [1.807, 2.05) is 0 Å². The summed E-state index contributed by atoms with van der Waals surface area (Å²) in [5, 5.41) is 4.32. The Bertz CT molecular complexity index is 451. The van der Waals surface area contributed by atoms with Crippen LogP contribution in [0.2, 0.25) is 5.02 Å². The monoisotopic (exact) mass is 245 g/mol. The van der Waals surface area contributed by atoms with E-state index in [-0.39, 0.29) is 16.3 Å². The molecule has 4 N–H and O–H groups in total. The van der Waals surface area contributed by atoms with E-state index < -0.39 is 17.8 Å². The average Bonchev–Trinajstić information content (AvgIpc) is 2.21. The minimum absolute atomic E-state index is 0.0607. The average molecular weight is 246 g/mol. The number of carbonyl (C=O) groups is 2. The van der Waals surface area contributed by atoms with Crippen LogP contribution >= 0.6 is 11.6 Å². The van der Waals surface area contributed by atoms with Crippen LogP contribution in [-0.4, -0.2) is 19.0 Å². The molecule has 0 radical (unpaired) electrons. The van der Waals surface area contributed by atoms with Crippen molar-refractivity contribution in [3.63, 3.8) is 0 Å². The van der Waals surface area contributed by atoms with E-state index in [0.29, 0.717) is 0 Å². The Morgan fingerprint density at radius 2 is 2.06 bits per heavy atom. The molecule has 16 heavy (non-hydrogen) atoms. The van der Waals surface area contributed by atoms with Crippen molar-refractivity contribution >= 4 is 29.2 Å². The molecule has 1 rings (SSSR count). The second kappa shape index (κ2) is 4.80. The standard InChI is InChI=1S/C9H9ClFN3O2/c1-13-9(16)14-7-2-4(8(12)15)5(10)3-6(7)11/h2-3H,1H3,(H2,12,15)(H2,13,14,16). The highest BCUT2D eigenvalue weighted by atomic mass is 35.5. The largest absolute Gasteiger partial charge is 0.366 e. The van der Waals surface area contributed by atoms with Crippen LogP contribution in [0.5, 0.6) is 0 Å². The van der Waals surface area contributed by atoms with Gasteiger partial charge in [-0.15, -0.1) is 0 Å². The maximum absolute atomic E-state index is 13.3. The van der Waals surface area contributed by atoms with Gasteiger partial charge in [0.1, 0.15) is 5.82 Å². The summed E-state index contributed by atoms with van der Waals surface area (Å²) in [6, 6.07) is 1.37. The predicted octanol–water partition coefficient (Wildman–Crippen LogP) is 1.33. The molecule has 0 bridgehead atoms. The Balaban J connectivity index is 3.14. The number of carbonyl (C=O) groups excluding carboxylic acids is 2. The Morgan fingerprint density at radius 3 is 2.56 bits per heavy atom. The van der Waals surface area contributed by atoms with Crippen molar-refractivity contribution in [3.05, 3.63) is 28.5 Å². The van der Waals surface area contributed by atoms with E-state index in [2.05, 4.69) is 10.6 Å². The van der Waals surface area contributed by atoms with Crippen LogP contribution in [0.1, 0.15) is 10.4 Å². The van der Waals surface area contributed by atoms with Crippen molar-refractivity contribution in [2.24, 2.45) is 5.73 Å². The third-order valence-corrected chi connectivity index (χ3v) is 2.11. The molecular formula is C9H9ClFN3O2. The first kappa shape index (κ1) is 12.3. The number of anilines is 1. The Hall–Kier alpha value is -1.82. The minimum atomic E-state index is -0.801. The summed E-state index contributed by atoms with van der Waals surface area (Å²) in [5.41, 5.74) is 4.79. The molecular weight excluding hydrogens is 237 g/mol. The first-order valence-electron chi connectivity index (χ1n) is 4.23. The number of amides is 3.